The first kappa shape index (κ1) is 20.1. The second kappa shape index (κ2) is 9.47. The van der Waals surface area contributed by atoms with Crippen molar-refractivity contribution in [2.75, 3.05) is 14.2 Å². The standard InChI is InChI=1S/C20H23NO6/c1-4-15(20(23)24)21-19(22)14-10-16(25-2)18(17(11-14)26-3)27-12-13-8-6-5-7-9-13/h5-11,15H,4,12H2,1-3H3,(H,21,22)(H,23,24). The topological polar surface area (TPSA) is 94.1 Å². The van der Waals surface area contributed by atoms with Crippen LogP contribution >= 0.6 is 0 Å². The summed E-state index contributed by atoms with van der Waals surface area (Å²) in [5.74, 6) is -0.619. The van der Waals surface area contributed by atoms with Crippen molar-refractivity contribution >= 4 is 11.9 Å². The lowest BCUT2D eigenvalue weighted by Crippen LogP contribution is -2.40. The molecule has 0 fully saturated rings. The van der Waals surface area contributed by atoms with Crippen molar-refractivity contribution in [3.8, 4) is 17.2 Å². The van der Waals surface area contributed by atoms with Crippen molar-refractivity contribution < 1.29 is 28.9 Å². The van der Waals surface area contributed by atoms with E-state index in [1.165, 1.54) is 26.4 Å². The van der Waals surface area contributed by atoms with Crippen molar-refractivity contribution in [3.63, 3.8) is 0 Å². The Morgan fingerprint density at radius 2 is 1.67 bits per heavy atom. The lowest BCUT2D eigenvalue weighted by atomic mass is 10.1. The molecule has 0 heterocycles. The highest BCUT2D eigenvalue weighted by atomic mass is 16.5. The Bertz CT molecular complexity index is 765. The van der Waals surface area contributed by atoms with Crippen molar-refractivity contribution in [3.05, 3.63) is 53.6 Å². The summed E-state index contributed by atoms with van der Waals surface area (Å²) in [6, 6.07) is 11.6. The molecule has 1 amide bonds. The van der Waals surface area contributed by atoms with E-state index in [4.69, 9.17) is 19.3 Å². The fourth-order valence-electron chi connectivity index (χ4n) is 2.46. The molecule has 0 bridgehead atoms. The van der Waals surface area contributed by atoms with Gasteiger partial charge in [-0.3, -0.25) is 4.79 Å². The predicted molar refractivity (Wildman–Crippen MR) is 99.5 cm³/mol. The number of carbonyl (C=O) groups is 2. The fraction of sp³-hybridized carbons (Fsp3) is 0.300. The Morgan fingerprint density at radius 3 is 2.15 bits per heavy atom. The molecule has 0 aliphatic rings. The van der Waals surface area contributed by atoms with E-state index in [1.807, 2.05) is 30.3 Å². The Kier molecular flexibility index (Phi) is 7.05. The van der Waals surface area contributed by atoms with Crippen LogP contribution in [0, 0.1) is 0 Å². The molecular formula is C20H23NO6. The van der Waals surface area contributed by atoms with Crippen molar-refractivity contribution in [1.82, 2.24) is 5.32 Å². The third-order valence-corrected chi connectivity index (χ3v) is 3.96. The molecule has 2 aromatic rings. The van der Waals surface area contributed by atoms with Gasteiger partial charge >= 0.3 is 5.97 Å². The zero-order chi connectivity index (χ0) is 19.8. The van der Waals surface area contributed by atoms with Crippen LogP contribution in [-0.4, -0.2) is 37.2 Å². The van der Waals surface area contributed by atoms with Gasteiger partial charge in [0.25, 0.3) is 5.91 Å². The molecule has 1 unspecified atom stereocenters. The number of benzene rings is 2. The number of rotatable bonds is 9. The minimum Gasteiger partial charge on any atom is -0.493 e. The molecule has 2 aromatic carbocycles. The van der Waals surface area contributed by atoms with Gasteiger partial charge in [-0.25, -0.2) is 4.79 Å². The van der Waals surface area contributed by atoms with Crippen LogP contribution in [0.15, 0.2) is 42.5 Å². The Morgan fingerprint density at radius 1 is 1.07 bits per heavy atom. The summed E-state index contributed by atoms with van der Waals surface area (Å²) in [6.45, 7) is 1.98. The number of nitrogens with one attached hydrogen (secondary N) is 1. The van der Waals surface area contributed by atoms with Crippen molar-refractivity contribution in [1.29, 1.82) is 0 Å². The van der Waals surface area contributed by atoms with Gasteiger partial charge in [0.1, 0.15) is 12.6 Å². The SMILES string of the molecule is CCC(NC(=O)c1cc(OC)c(OCc2ccccc2)c(OC)c1)C(=O)O. The molecule has 0 spiro atoms. The highest BCUT2D eigenvalue weighted by molar-refractivity contribution is 5.97. The number of carbonyl (C=O) groups excluding carboxylic acids is 1. The summed E-state index contributed by atoms with van der Waals surface area (Å²) < 4.78 is 16.5. The number of carboxylic acids is 1. The average molecular weight is 373 g/mol. The summed E-state index contributed by atoms with van der Waals surface area (Å²) >= 11 is 0. The molecule has 0 aliphatic carbocycles. The van der Waals surface area contributed by atoms with Gasteiger partial charge in [-0.15, -0.1) is 0 Å². The van der Waals surface area contributed by atoms with Crippen molar-refractivity contribution in [2.45, 2.75) is 26.0 Å². The number of hydrogen-bond acceptors (Lipinski definition) is 5. The number of methoxy groups -OCH3 is 2. The lowest BCUT2D eigenvalue weighted by Gasteiger charge is -2.17. The van der Waals surface area contributed by atoms with E-state index in [-0.39, 0.29) is 12.0 Å². The van der Waals surface area contributed by atoms with Crippen LogP contribution < -0.4 is 19.5 Å². The van der Waals surface area contributed by atoms with E-state index in [2.05, 4.69) is 5.32 Å². The molecule has 27 heavy (non-hydrogen) atoms. The number of hydrogen-bond donors (Lipinski definition) is 2. The van der Waals surface area contributed by atoms with Gasteiger partial charge in [0, 0.05) is 5.56 Å². The second-order valence-corrected chi connectivity index (χ2v) is 5.76. The Labute approximate surface area is 157 Å². The second-order valence-electron chi connectivity index (χ2n) is 5.76. The molecule has 0 aliphatic heterocycles. The summed E-state index contributed by atoms with van der Waals surface area (Å²) in [5, 5.41) is 11.6. The average Bonchev–Trinajstić information content (AvgIpc) is 2.69. The predicted octanol–water partition coefficient (Wildman–Crippen LogP) is 2.88. The molecular weight excluding hydrogens is 350 g/mol. The third-order valence-electron chi connectivity index (χ3n) is 3.96. The quantitative estimate of drug-likeness (QED) is 0.702. The van der Waals surface area contributed by atoms with E-state index >= 15 is 0 Å². The van der Waals surface area contributed by atoms with Gasteiger partial charge in [0.15, 0.2) is 11.5 Å². The first-order valence-electron chi connectivity index (χ1n) is 8.46. The van der Waals surface area contributed by atoms with E-state index in [0.29, 0.717) is 23.9 Å². The van der Waals surface area contributed by atoms with E-state index < -0.39 is 17.9 Å². The van der Waals surface area contributed by atoms with Crippen LogP contribution in [0.2, 0.25) is 0 Å². The van der Waals surface area contributed by atoms with Crippen LogP contribution in [0.1, 0.15) is 29.3 Å². The number of aliphatic carboxylic acids is 1. The highest BCUT2D eigenvalue weighted by Crippen LogP contribution is 2.39. The third kappa shape index (κ3) is 5.13. The molecule has 0 saturated carbocycles. The van der Waals surface area contributed by atoms with Crippen LogP contribution in [0.3, 0.4) is 0 Å². The zero-order valence-electron chi connectivity index (χ0n) is 15.5. The largest absolute Gasteiger partial charge is 0.493 e. The minimum absolute atomic E-state index is 0.218. The van der Waals surface area contributed by atoms with E-state index in [9.17, 15) is 9.59 Å². The Hall–Kier alpha value is -3.22. The van der Waals surface area contributed by atoms with Crippen LogP contribution in [-0.2, 0) is 11.4 Å². The molecule has 7 heteroatoms. The molecule has 1 atom stereocenters. The summed E-state index contributed by atoms with van der Waals surface area (Å²) in [7, 11) is 2.91. The molecule has 144 valence electrons. The van der Waals surface area contributed by atoms with Crippen LogP contribution in [0.5, 0.6) is 17.2 Å². The van der Waals surface area contributed by atoms with E-state index in [0.717, 1.165) is 5.56 Å². The summed E-state index contributed by atoms with van der Waals surface area (Å²) in [4.78, 5) is 23.6. The maximum Gasteiger partial charge on any atom is 0.326 e. The molecule has 0 radical (unpaired) electrons. The van der Waals surface area contributed by atoms with Gasteiger partial charge in [-0.05, 0) is 24.1 Å². The highest BCUT2D eigenvalue weighted by Gasteiger charge is 2.22. The molecule has 0 aromatic heterocycles. The smallest absolute Gasteiger partial charge is 0.326 e. The van der Waals surface area contributed by atoms with Gasteiger partial charge in [-0.2, -0.15) is 0 Å². The van der Waals surface area contributed by atoms with Gasteiger partial charge < -0.3 is 24.6 Å². The van der Waals surface area contributed by atoms with Crippen molar-refractivity contribution in [2.24, 2.45) is 0 Å². The first-order valence-corrected chi connectivity index (χ1v) is 8.46. The normalized spacial score (nSPS) is 11.4. The number of ether oxygens (including phenoxy) is 3. The summed E-state index contributed by atoms with van der Waals surface area (Å²) in [6.07, 6.45) is 0.271. The fourth-order valence-corrected chi connectivity index (χ4v) is 2.46. The zero-order valence-corrected chi connectivity index (χ0v) is 15.5. The first-order chi connectivity index (χ1) is 13.0. The van der Waals surface area contributed by atoms with Gasteiger partial charge in [0.2, 0.25) is 5.75 Å². The minimum atomic E-state index is -1.09. The Balaban J connectivity index is 2.26. The number of amides is 1. The van der Waals surface area contributed by atoms with Gasteiger partial charge in [0.05, 0.1) is 14.2 Å². The monoisotopic (exact) mass is 373 g/mol. The molecule has 2 rings (SSSR count). The van der Waals surface area contributed by atoms with Gasteiger partial charge in [-0.1, -0.05) is 37.3 Å². The maximum absolute atomic E-state index is 12.4. The molecule has 0 saturated heterocycles. The number of carboxylic acid groups (broad SMARTS) is 1. The molecule has 2 N–H and O–H groups in total. The summed E-state index contributed by atoms with van der Waals surface area (Å²) in [5.41, 5.74) is 1.19. The molecule has 7 nitrogen and oxygen atoms in total. The van der Waals surface area contributed by atoms with Crippen LogP contribution in [0.25, 0.3) is 0 Å². The van der Waals surface area contributed by atoms with E-state index in [1.54, 1.807) is 6.92 Å². The lowest BCUT2D eigenvalue weighted by molar-refractivity contribution is -0.139. The maximum atomic E-state index is 12.4. The van der Waals surface area contributed by atoms with Crippen LogP contribution in [0.4, 0.5) is 0 Å².